The molecule has 0 radical (unpaired) electrons. The van der Waals surface area contributed by atoms with Crippen LogP contribution in [-0.2, 0) is 0 Å². The lowest BCUT2D eigenvalue weighted by Crippen LogP contribution is -2.34. The Morgan fingerprint density at radius 1 is 1.12 bits per heavy atom. The maximum absolute atomic E-state index is 6.49. The van der Waals surface area contributed by atoms with E-state index in [1.807, 2.05) is 0 Å². The van der Waals surface area contributed by atoms with Crippen LogP contribution in [0.5, 0.6) is 0 Å². The van der Waals surface area contributed by atoms with Crippen LogP contribution in [0, 0.1) is 26.7 Å². The molecule has 1 aliphatic rings. The highest BCUT2D eigenvalue weighted by atomic mass is 14.9. The predicted octanol–water partition coefficient (Wildman–Crippen LogP) is 2.61. The van der Waals surface area contributed by atoms with E-state index in [2.05, 4.69) is 38.2 Å². The molecular weight excluding hydrogens is 208 g/mol. The van der Waals surface area contributed by atoms with Gasteiger partial charge in [-0.3, -0.25) is 0 Å². The number of nitrogens with two attached hydrogens (primary N) is 1. The van der Waals surface area contributed by atoms with Crippen LogP contribution in [0.3, 0.4) is 0 Å². The van der Waals surface area contributed by atoms with Gasteiger partial charge in [-0.15, -0.1) is 0 Å². The maximum atomic E-state index is 6.49. The summed E-state index contributed by atoms with van der Waals surface area (Å²) in [6, 6.07) is 4.71. The molecule has 0 saturated carbocycles. The van der Waals surface area contributed by atoms with E-state index < -0.39 is 0 Å². The lowest BCUT2D eigenvalue weighted by molar-refractivity contribution is 0.321. The Labute approximate surface area is 105 Å². The Morgan fingerprint density at radius 2 is 1.65 bits per heavy atom. The molecule has 2 nitrogen and oxygen atoms in total. The summed E-state index contributed by atoms with van der Waals surface area (Å²) in [5, 5.41) is 3.40. The highest BCUT2D eigenvalue weighted by Crippen LogP contribution is 2.31. The minimum absolute atomic E-state index is 0.206. The second kappa shape index (κ2) is 5.19. The Balaban J connectivity index is 2.26. The van der Waals surface area contributed by atoms with E-state index in [9.17, 15) is 0 Å². The highest BCUT2D eigenvalue weighted by molar-refractivity contribution is 5.39. The number of aryl methyl sites for hydroxylation is 3. The van der Waals surface area contributed by atoms with Crippen LogP contribution in [-0.4, -0.2) is 13.1 Å². The zero-order chi connectivity index (χ0) is 12.4. The molecule has 0 amide bonds. The van der Waals surface area contributed by atoms with Crippen molar-refractivity contribution in [2.24, 2.45) is 11.7 Å². The molecule has 0 bridgehead atoms. The molecule has 1 aromatic carbocycles. The quantitative estimate of drug-likeness (QED) is 0.822. The van der Waals surface area contributed by atoms with E-state index in [4.69, 9.17) is 5.73 Å². The van der Waals surface area contributed by atoms with Gasteiger partial charge in [-0.1, -0.05) is 17.7 Å². The first-order valence-corrected chi connectivity index (χ1v) is 6.63. The van der Waals surface area contributed by atoms with Gasteiger partial charge in [-0.2, -0.15) is 0 Å². The number of rotatable bonds is 2. The van der Waals surface area contributed by atoms with Crippen molar-refractivity contribution < 1.29 is 0 Å². The Morgan fingerprint density at radius 3 is 2.18 bits per heavy atom. The lowest BCUT2D eigenvalue weighted by Gasteiger charge is -2.30. The lowest BCUT2D eigenvalue weighted by atomic mass is 9.82. The van der Waals surface area contributed by atoms with Gasteiger partial charge in [-0.25, -0.2) is 0 Å². The van der Waals surface area contributed by atoms with Crippen molar-refractivity contribution in [3.8, 4) is 0 Å². The first-order valence-electron chi connectivity index (χ1n) is 6.63. The number of piperidine rings is 1. The van der Waals surface area contributed by atoms with Crippen molar-refractivity contribution in [1.29, 1.82) is 0 Å². The van der Waals surface area contributed by atoms with Crippen LogP contribution >= 0.6 is 0 Å². The van der Waals surface area contributed by atoms with Gasteiger partial charge in [0.2, 0.25) is 0 Å². The summed E-state index contributed by atoms with van der Waals surface area (Å²) >= 11 is 0. The van der Waals surface area contributed by atoms with Gasteiger partial charge in [0.15, 0.2) is 0 Å². The number of nitrogens with one attached hydrogen (secondary N) is 1. The molecule has 3 N–H and O–H groups in total. The second-order valence-corrected chi connectivity index (χ2v) is 5.43. The Bertz CT molecular complexity index is 369. The van der Waals surface area contributed by atoms with Crippen molar-refractivity contribution in [3.05, 3.63) is 34.4 Å². The van der Waals surface area contributed by atoms with Crippen molar-refractivity contribution in [1.82, 2.24) is 5.32 Å². The van der Waals surface area contributed by atoms with E-state index in [0.29, 0.717) is 5.92 Å². The van der Waals surface area contributed by atoms with E-state index in [-0.39, 0.29) is 6.04 Å². The monoisotopic (exact) mass is 232 g/mol. The first-order chi connectivity index (χ1) is 8.09. The third kappa shape index (κ3) is 2.70. The summed E-state index contributed by atoms with van der Waals surface area (Å²) < 4.78 is 0. The molecule has 1 atom stereocenters. The molecule has 1 fully saturated rings. The minimum atomic E-state index is 0.206. The van der Waals surface area contributed by atoms with Gasteiger partial charge in [0.05, 0.1) is 0 Å². The molecule has 1 saturated heterocycles. The summed E-state index contributed by atoms with van der Waals surface area (Å²) in [6.45, 7) is 8.76. The van der Waals surface area contributed by atoms with Gasteiger partial charge >= 0.3 is 0 Å². The molecule has 1 aliphatic heterocycles. The zero-order valence-electron chi connectivity index (χ0n) is 11.2. The van der Waals surface area contributed by atoms with E-state index in [0.717, 1.165) is 13.1 Å². The number of hydrogen-bond donors (Lipinski definition) is 2. The minimum Gasteiger partial charge on any atom is -0.324 e. The van der Waals surface area contributed by atoms with Gasteiger partial charge in [0, 0.05) is 6.04 Å². The molecule has 1 unspecified atom stereocenters. The largest absolute Gasteiger partial charge is 0.324 e. The van der Waals surface area contributed by atoms with Crippen LogP contribution in [0.1, 0.15) is 41.1 Å². The molecule has 0 spiro atoms. The Hall–Kier alpha value is -0.860. The summed E-state index contributed by atoms with van der Waals surface area (Å²) in [5.41, 5.74) is 11.9. The second-order valence-electron chi connectivity index (χ2n) is 5.43. The van der Waals surface area contributed by atoms with Crippen LogP contribution in [0.2, 0.25) is 0 Å². The smallest absolute Gasteiger partial charge is 0.0329 e. The van der Waals surface area contributed by atoms with Gasteiger partial charge in [0.25, 0.3) is 0 Å². The molecule has 1 heterocycles. The molecule has 1 aromatic rings. The van der Waals surface area contributed by atoms with Crippen LogP contribution < -0.4 is 11.1 Å². The predicted molar refractivity (Wildman–Crippen MR) is 73.2 cm³/mol. The van der Waals surface area contributed by atoms with Crippen LogP contribution in [0.4, 0.5) is 0 Å². The maximum Gasteiger partial charge on any atom is 0.0329 e. The van der Waals surface area contributed by atoms with Crippen LogP contribution in [0.15, 0.2) is 12.1 Å². The van der Waals surface area contributed by atoms with Crippen molar-refractivity contribution in [2.75, 3.05) is 13.1 Å². The van der Waals surface area contributed by atoms with Crippen molar-refractivity contribution >= 4 is 0 Å². The molecule has 0 aromatic heterocycles. The molecule has 0 aliphatic carbocycles. The third-order valence-corrected chi connectivity index (χ3v) is 3.96. The van der Waals surface area contributed by atoms with E-state index in [1.165, 1.54) is 35.1 Å². The summed E-state index contributed by atoms with van der Waals surface area (Å²) in [5.74, 6) is 0.636. The molecular formula is C15H24N2. The molecule has 2 heteroatoms. The Kier molecular flexibility index (Phi) is 3.85. The average molecular weight is 232 g/mol. The molecule has 17 heavy (non-hydrogen) atoms. The van der Waals surface area contributed by atoms with E-state index in [1.54, 1.807) is 0 Å². The van der Waals surface area contributed by atoms with Crippen LogP contribution in [0.25, 0.3) is 0 Å². The first kappa shape index (κ1) is 12.6. The fourth-order valence-electron chi connectivity index (χ4n) is 3.16. The molecule has 2 rings (SSSR count). The molecule has 94 valence electrons. The van der Waals surface area contributed by atoms with Crippen molar-refractivity contribution in [2.45, 2.75) is 39.7 Å². The topological polar surface area (TPSA) is 38.0 Å². The van der Waals surface area contributed by atoms with Gasteiger partial charge in [0.1, 0.15) is 0 Å². The van der Waals surface area contributed by atoms with Gasteiger partial charge in [-0.05, 0) is 69.3 Å². The fourth-order valence-corrected chi connectivity index (χ4v) is 3.16. The summed E-state index contributed by atoms with van der Waals surface area (Å²) in [6.07, 6.45) is 2.40. The van der Waals surface area contributed by atoms with Crippen molar-refractivity contribution in [3.63, 3.8) is 0 Å². The summed E-state index contributed by atoms with van der Waals surface area (Å²) in [4.78, 5) is 0. The number of benzene rings is 1. The average Bonchev–Trinajstić information content (AvgIpc) is 2.28. The number of hydrogen-bond acceptors (Lipinski definition) is 2. The fraction of sp³-hybridized carbons (Fsp3) is 0.600. The third-order valence-electron chi connectivity index (χ3n) is 3.96. The van der Waals surface area contributed by atoms with E-state index >= 15 is 0 Å². The summed E-state index contributed by atoms with van der Waals surface area (Å²) in [7, 11) is 0. The zero-order valence-corrected chi connectivity index (χ0v) is 11.2. The normalized spacial score (nSPS) is 19.3. The standard InChI is InChI=1S/C15H24N2/c1-10-8-11(2)14(12(3)9-10)15(16)13-4-6-17-7-5-13/h8-9,13,15,17H,4-7,16H2,1-3H3. The highest BCUT2D eigenvalue weighted by Gasteiger charge is 2.23. The SMILES string of the molecule is Cc1cc(C)c(C(N)C2CCNCC2)c(C)c1. The van der Waals surface area contributed by atoms with Gasteiger partial charge < -0.3 is 11.1 Å².